The average Bonchev–Trinajstić information content (AvgIpc) is 2.70. The highest BCUT2D eigenvalue weighted by atomic mass is 79.9. The largest absolute Gasteiger partial charge is 0.497 e. The van der Waals surface area contributed by atoms with E-state index in [9.17, 15) is 4.79 Å². The number of rotatable bonds is 4. The first-order valence-corrected chi connectivity index (χ1v) is 7.85. The van der Waals surface area contributed by atoms with Crippen LogP contribution in [0.2, 0.25) is 0 Å². The van der Waals surface area contributed by atoms with Crippen LogP contribution in [-0.2, 0) is 11.2 Å². The highest BCUT2D eigenvalue weighted by Gasteiger charge is 2.20. The minimum Gasteiger partial charge on any atom is -0.497 e. The smallest absolute Gasteiger partial charge is 0.140 e. The second kappa shape index (κ2) is 7.09. The number of Topliss-reactive ketones (excluding diaryl/α,β-unsaturated/α-hetero) is 1. The molecule has 1 aromatic carbocycles. The fourth-order valence-corrected chi connectivity index (χ4v) is 3.13. The third kappa shape index (κ3) is 4.07. The average molecular weight is 325 g/mol. The highest BCUT2D eigenvalue weighted by Crippen LogP contribution is 2.28. The van der Waals surface area contributed by atoms with Gasteiger partial charge >= 0.3 is 0 Å². The van der Waals surface area contributed by atoms with Crippen LogP contribution in [0.5, 0.6) is 5.75 Å². The Morgan fingerprint density at radius 2 is 1.95 bits per heavy atom. The van der Waals surface area contributed by atoms with Gasteiger partial charge in [0.15, 0.2) is 0 Å². The van der Waals surface area contributed by atoms with E-state index in [-0.39, 0.29) is 5.92 Å². The molecular formula is C16H21BrO2. The molecule has 0 radical (unpaired) electrons. The molecule has 0 N–H and O–H groups in total. The number of ketones is 1. The van der Waals surface area contributed by atoms with Crippen molar-refractivity contribution in [1.29, 1.82) is 0 Å². The normalized spacial score (nSPS) is 16.9. The van der Waals surface area contributed by atoms with Crippen LogP contribution >= 0.6 is 15.9 Å². The van der Waals surface area contributed by atoms with E-state index in [4.69, 9.17) is 4.74 Å². The summed E-state index contributed by atoms with van der Waals surface area (Å²) in [7, 11) is 1.65. The summed E-state index contributed by atoms with van der Waals surface area (Å²) in [6, 6.07) is 5.82. The number of methoxy groups -OCH3 is 1. The van der Waals surface area contributed by atoms with Crippen molar-refractivity contribution in [2.45, 2.75) is 44.9 Å². The number of hydrogen-bond acceptors (Lipinski definition) is 2. The van der Waals surface area contributed by atoms with Gasteiger partial charge in [0, 0.05) is 16.8 Å². The molecule has 0 aliphatic heterocycles. The van der Waals surface area contributed by atoms with E-state index < -0.39 is 0 Å². The van der Waals surface area contributed by atoms with Crippen LogP contribution in [0.25, 0.3) is 0 Å². The van der Waals surface area contributed by atoms with Gasteiger partial charge in [0.25, 0.3) is 0 Å². The van der Waals surface area contributed by atoms with Crippen LogP contribution in [0, 0.1) is 5.92 Å². The second-order valence-corrected chi connectivity index (χ2v) is 6.14. The van der Waals surface area contributed by atoms with Gasteiger partial charge in [-0.2, -0.15) is 0 Å². The number of benzene rings is 1. The maximum absolute atomic E-state index is 12.4. The third-order valence-electron chi connectivity index (χ3n) is 3.93. The number of hydrogen-bond donors (Lipinski definition) is 0. The molecule has 1 aromatic rings. The number of carbonyl (C=O) groups is 1. The van der Waals surface area contributed by atoms with Crippen molar-refractivity contribution in [3.05, 3.63) is 28.2 Å². The minimum absolute atomic E-state index is 0.264. The van der Waals surface area contributed by atoms with Gasteiger partial charge in [-0.1, -0.05) is 41.6 Å². The Hall–Kier alpha value is -0.830. The molecule has 1 fully saturated rings. The second-order valence-electron chi connectivity index (χ2n) is 5.29. The van der Waals surface area contributed by atoms with E-state index in [0.717, 1.165) is 28.6 Å². The molecule has 1 aliphatic rings. The molecule has 2 nitrogen and oxygen atoms in total. The molecule has 3 heteroatoms. The quantitative estimate of drug-likeness (QED) is 0.760. The Kier molecular flexibility index (Phi) is 5.44. The predicted octanol–water partition coefficient (Wildman–Crippen LogP) is 4.54. The molecule has 0 unspecified atom stereocenters. The molecule has 104 valence electrons. The van der Waals surface area contributed by atoms with E-state index >= 15 is 0 Å². The van der Waals surface area contributed by atoms with Crippen LogP contribution in [0.1, 0.15) is 44.1 Å². The summed E-state index contributed by atoms with van der Waals surface area (Å²) in [4.78, 5) is 12.4. The topological polar surface area (TPSA) is 26.3 Å². The van der Waals surface area contributed by atoms with Gasteiger partial charge < -0.3 is 4.74 Å². The fourth-order valence-electron chi connectivity index (χ4n) is 2.75. The summed E-state index contributed by atoms with van der Waals surface area (Å²) in [5.74, 6) is 1.46. The summed E-state index contributed by atoms with van der Waals surface area (Å²) in [6.45, 7) is 0. The molecule has 0 saturated heterocycles. The maximum Gasteiger partial charge on any atom is 0.140 e. The molecule has 0 amide bonds. The lowest BCUT2D eigenvalue weighted by Gasteiger charge is -2.14. The minimum atomic E-state index is 0.264. The van der Waals surface area contributed by atoms with Crippen LogP contribution in [0.15, 0.2) is 22.7 Å². The van der Waals surface area contributed by atoms with Crippen LogP contribution in [0.3, 0.4) is 0 Å². The van der Waals surface area contributed by atoms with E-state index in [1.807, 2.05) is 18.2 Å². The molecule has 0 spiro atoms. The van der Waals surface area contributed by atoms with Crippen molar-refractivity contribution in [2.75, 3.05) is 7.11 Å². The zero-order valence-electron chi connectivity index (χ0n) is 11.5. The SMILES string of the molecule is COc1ccc(Br)c(CC(=O)C2CCCCCC2)c1. The Balaban J connectivity index is 2.05. The molecule has 2 rings (SSSR count). The predicted molar refractivity (Wildman–Crippen MR) is 80.6 cm³/mol. The van der Waals surface area contributed by atoms with Gasteiger partial charge in [-0.15, -0.1) is 0 Å². The van der Waals surface area contributed by atoms with Gasteiger partial charge in [-0.3, -0.25) is 4.79 Å². The lowest BCUT2D eigenvalue weighted by Crippen LogP contribution is -2.16. The summed E-state index contributed by atoms with van der Waals surface area (Å²) < 4.78 is 6.22. The Bertz CT molecular complexity index is 434. The van der Waals surface area contributed by atoms with Crippen molar-refractivity contribution in [3.8, 4) is 5.75 Å². The fraction of sp³-hybridized carbons (Fsp3) is 0.562. The summed E-state index contributed by atoms with van der Waals surface area (Å²) in [5, 5.41) is 0. The summed E-state index contributed by atoms with van der Waals surface area (Å²) >= 11 is 3.52. The monoisotopic (exact) mass is 324 g/mol. The molecule has 1 aliphatic carbocycles. The van der Waals surface area contributed by atoms with E-state index in [0.29, 0.717) is 12.2 Å². The third-order valence-corrected chi connectivity index (χ3v) is 4.70. The molecule has 0 heterocycles. The zero-order valence-corrected chi connectivity index (χ0v) is 13.0. The van der Waals surface area contributed by atoms with Crippen molar-refractivity contribution >= 4 is 21.7 Å². The first-order chi connectivity index (χ1) is 9.20. The van der Waals surface area contributed by atoms with Crippen molar-refractivity contribution in [2.24, 2.45) is 5.92 Å². The number of carbonyl (C=O) groups excluding carboxylic acids is 1. The number of halogens is 1. The van der Waals surface area contributed by atoms with E-state index in [1.54, 1.807) is 7.11 Å². The highest BCUT2D eigenvalue weighted by molar-refractivity contribution is 9.10. The molecule has 0 bridgehead atoms. The Labute approximate surface area is 123 Å². The van der Waals surface area contributed by atoms with Gasteiger partial charge in [-0.05, 0) is 36.6 Å². The van der Waals surface area contributed by atoms with Gasteiger partial charge in [0.1, 0.15) is 11.5 Å². The molecule has 1 saturated carbocycles. The van der Waals surface area contributed by atoms with Gasteiger partial charge in [0.05, 0.1) is 7.11 Å². The van der Waals surface area contributed by atoms with E-state index in [1.165, 1.54) is 25.7 Å². The van der Waals surface area contributed by atoms with Gasteiger partial charge in [-0.25, -0.2) is 0 Å². The van der Waals surface area contributed by atoms with E-state index in [2.05, 4.69) is 15.9 Å². The lowest BCUT2D eigenvalue weighted by atomic mass is 9.91. The summed E-state index contributed by atoms with van der Waals surface area (Å²) in [5.41, 5.74) is 1.04. The zero-order chi connectivity index (χ0) is 13.7. The number of ether oxygens (including phenoxy) is 1. The van der Waals surface area contributed by atoms with Crippen molar-refractivity contribution in [1.82, 2.24) is 0 Å². The maximum atomic E-state index is 12.4. The molecule has 19 heavy (non-hydrogen) atoms. The Morgan fingerprint density at radius 3 is 2.58 bits per heavy atom. The Morgan fingerprint density at radius 1 is 1.26 bits per heavy atom. The van der Waals surface area contributed by atoms with Crippen molar-refractivity contribution in [3.63, 3.8) is 0 Å². The van der Waals surface area contributed by atoms with Crippen LogP contribution in [-0.4, -0.2) is 12.9 Å². The standard InChI is InChI=1S/C16H21BrO2/c1-19-14-8-9-15(17)13(10-14)11-16(18)12-6-4-2-3-5-7-12/h8-10,12H,2-7,11H2,1H3. The first kappa shape index (κ1) is 14.6. The summed E-state index contributed by atoms with van der Waals surface area (Å²) in [6.07, 6.45) is 7.63. The van der Waals surface area contributed by atoms with Gasteiger partial charge in [0.2, 0.25) is 0 Å². The lowest BCUT2D eigenvalue weighted by molar-refractivity contribution is -0.122. The molecule has 0 atom stereocenters. The van der Waals surface area contributed by atoms with Crippen LogP contribution < -0.4 is 4.74 Å². The molecular weight excluding hydrogens is 304 g/mol. The molecule has 0 aromatic heterocycles. The first-order valence-electron chi connectivity index (χ1n) is 7.06. The van der Waals surface area contributed by atoms with Crippen LogP contribution in [0.4, 0.5) is 0 Å². The van der Waals surface area contributed by atoms with Crippen molar-refractivity contribution < 1.29 is 9.53 Å².